The molecule has 0 radical (unpaired) electrons. The van der Waals surface area contributed by atoms with Crippen molar-refractivity contribution in [3.05, 3.63) is 40.8 Å². The standard InChI is InChI=1S/C13H13ClFN3O/c1-3-16-13-17-8(2)7-11(18-13)19-10-6-4-5-9(14)12(10)15/h4-7H,3H2,1-2H3,(H,16,17,18). The number of nitrogens with zero attached hydrogens (tertiary/aromatic N) is 2. The maximum absolute atomic E-state index is 13.7. The Morgan fingerprint density at radius 2 is 2.16 bits per heavy atom. The first kappa shape index (κ1) is 13.5. The number of hydrogen-bond acceptors (Lipinski definition) is 4. The lowest BCUT2D eigenvalue weighted by molar-refractivity contribution is 0.427. The highest BCUT2D eigenvalue weighted by Crippen LogP contribution is 2.28. The van der Waals surface area contributed by atoms with Crippen molar-refractivity contribution in [3.63, 3.8) is 0 Å². The Bertz CT molecular complexity index is 592. The van der Waals surface area contributed by atoms with E-state index in [4.69, 9.17) is 16.3 Å². The number of aryl methyl sites for hydroxylation is 1. The maximum atomic E-state index is 13.7. The zero-order valence-corrected chi connectivity index (χ0v) is 11.3. The molecule has 0 bridgehead atoms. The summed E-state index contributed by atoms with van der Waals surface area (Å²) in [7, 11) is 0. The smallest absolute Gasteiger partial charge is 0.226 e. The van der Waals surface area contributed by atoms with Crippen LogP contribution in [0.4, 0.5) is 10.3 Å². The fourth-order valence-corrected chi connectivity index (χ4v) is 1.67. The third kappa shape index (κ3) is 3.32. The van der Waals surface area contributed by atoms with Crippen LogP contribution >= 0.6 is 11.6 Å². The van der Waals surface area contributed by atoms with Crippen molar-refractivity contribution >= 4 is 17.5 Å². The molecule has 0 atom stereocenters. The van der Waals surface area contributed by atoms with Crippen LogP contribution in [0, 0.1) is 12.7 Å². The molecule has 1 aromatic carbocycles. The molecule has 0 unspecified atom stereocenters. The number of nitrogens with one attached hydrogen (secondary N) is 1. The summed E-state index contributed by atoms with van der Waals surface area (Å²) in [5.41, 5.74) is 0.725. The average molecular weight is 282 g/mol. The first-order valence-electron chi connectivity index (χ1n) is 5.81. The van der Waals surface area contributed by atoms with Gasteiger partial charge in [-0.3, -0.25) is 0 Å². The van der Waals surface area contributed by atoms with Crippen molar-refractivity contribution < 1.29 is 9.13 Å². The van der Waals surface area contributed by atoms with Crippen LogP contribution in [0.5, 0.6) is 11.6 Å². The molecule has 6 heteroatoms. The highest BCUT2D eigenvalue weighted by Gasteiger charge is 2.10. The van der Waals surface area contributed by atoms with Crippen molar-refractivity contribution in [2.24, 2.45) is 0 Å². The first-order valence-corrected chi connectivity index (χ1v) is 6.19. The highest BCUT2D eigenvalue weighted by atomic mass is 35.5. The molecule has 0 aliphatic heterocycles. The van der Waals surface area contributed by atoms with Gasteiger partial charge in [0, 0.05) is 18.3 Å². The van der Waals surface area contributed by atoms with Crippen LogP contribution in [-0.4, -0.2) is 16.5 Å². The maximum Gasteiger partial charge on any atom is 0.226 e. The summed E-state index contributed by atoms with van der Waals surface area (Å²) in [6.07, 6.45) is 0. The second-order valence-electron chi connectivity index (χ2n) is 3.86. The predicted octanol–water partition coefficient (Wildman–Crippen LogP) is 3.80. The second kappa shape index (κ2) is 5.84. The van der Waals surface area contributed by atoms with E-state index in [1.165, 1.54) is 12.1 Å². The Labute approximate surface area is 115 Å². The number of ether oxygens (including phenoxy) is 1. The molecule has 0 amide bonds. The van der Waals surface area contributed by atoms with E-state index in [9.17, 15) is 4.39 Å². The monoisotopic (exact) mass is 281 g/mol. The van der Waals surface area contributed by atoms with Crippen LogP contribution in [0.3, 0.4) is 0 Å². The van der Waals surface area contributed by atoms with Crippen molar-refractivity contribution in [2.45, 2.75) is 13.8 Å². The third-order valence-corrected chi connectivity index (χ3v) is 2.59. The van der Waals surface area contributed by atoms with Crippen LogP contribution in [0.15, 0.2) is 24.3 Å². The Hall–Kier alpha value is -1.88. The molecule has 19 heavy (non-hydrogen) atoms. The van der Waals surface area contributed by atoms with Crippen molar-refractivity contribution in [2.75, 3.05) is 11.9 Å². The summed E-state index contributed by atoms with van der Waals surface area (Å²) in [5.74, 6) is 0.142. The number of rotatable bonds is 4. The van der Waals surface area contributed by atoms with Gasteiger partial charge in [0.1, 0.15) is 0 Å². The fraction of sp³-hybridized carbons (Fsp3) is 0.231. The molecule has 1 aromatic heterocycles. The van der Waals surface area contributed by atoms with Crippen LogP contribution in [0.1, 0.15) is 12.6 Å². The molecule has 2 rings (SSSR count). The molecule has 0 saturated heterocycles. The number of hydrogen-bond donors (Lipinski definition) is 1. The number of aromatic nitrogens is 2. The number of anilines is 1. The lowest BCUT2D eigenvalue weighted by Gasteiger charge is -2.09. The summed E-state index contributed by atoms with van der Waals surface area (Å²) in [5, 5.41) is 2.99. The van der Waals surface area contributed by atoms with E-state index in [0.29, 0.717) is 12.5 Å². The minimum Gasteiger partial charge on any atom is -0.436 e. The SMILES string of the molecule is CCNc1nc(C)cc(Oc2cccc(Cl)c2F)n1. The number of halogens is 2. The Morgan fingerprint density at radius 1 is 1.37 bits per heavy atom. The van der Waals surface area contributed by atoms with Crippen molar-refractivity contribution in [1.29, 1.82) is 0 Å². The van der Waals surface area contributed by atoms with Crippen LogP contribution in [0.2, 0.25) is 5.02 Å². The summed E-state index contributed by atoms with van der Waals surface area (Å²) in [6.45, 7) is 4.43. The lowest BCUT2D eigenvalue weighted by atomic mass is 10.3. The largest absolute Gasteiger partial charge is 0.436 e. The first-order chi connectivity index (χ1) is 9.10. The van der Waals surface area contributed by atoms with E-state index >= 15 is 0 Å². The Morgan fingerprint density at radius 3 is 2.89 bits per heavy atom. The van der Waals surface area contributed by atoms with E-state index in [1.54, 1.807) is 12.1 Å². The van der Waals surface area contributed by atoms with E-state index in [0.717, 1.165) is 5.69 Å². The minimum absolute atomic E-state index is 0.00943. The van der Waals surface area contributed by atoms with E-state index < -0.39 is 5.82 Å². The lowest BCUT2D eigenvalue weighted by Crippen LogP contribution is -2.04. The molecular formula is C13H13ClFN3O. The summed E-state index contributed by atoms with van der Waals surface area (Å²) < 4.78 is 19.1. The summed E-state index contributed by atoms with van der Waals surface area (Å²) >= 11 is 5.69. The summed E-state index contributed by atoms with van der Waals surface area (Å²) in [6, 6.07) is 6.19. The van der Waals surface area contributed by atoms with E-state index in [2.05, 4.69) is 15.3 Å². The molecular weight excluding hydrogens is 269 g/mol. The molecule has 4 nitrogen and oxygen atoms in total. The van der Waals surface area contributed by atoms with Crippen molar-refractivity contribution in [1.82, 2.24) is 9.97 Å². The minimum atomic E-state index is -0.606. The van der Waals surface area contributed by atoms with Crippen molar-refractivity contribution in [3.8, 4) is 11.6 Å². The molecule has 100 valence electrons. The molecule has 0 aliphatic carbocycles. The fourth-order valence-electron chi connectivity index (χ4n) is 1.50. The second-order valence-corrected chi connectivity index (χ2v) is 4.26. The Balaban J connectivity index is 2.30. The van der Waals surface area contributed by atoms with Gasteiger partial charge in [0.15, 0.2) is 11.6 Å². The predicted molar refractivity (Wildman–Crippen MR) is 72.4 cm³/mol. The Kier molecular flexibility index (Phi) is 4.16. The van der Waals surface area contributed by atoms with Gasteiger partial charge in [-0.05, 0) is 26.0 Å². The average Bonchev–Trinajstić information content (AvgIpc) is 2.35. The molecule has 1 N–H and O–H groups in total. The van der Waals surface area contributed by atoms with Crippen LogP contribution in [-0.2, 0) is 0 Å². The topological polar surface area (TPSA) is 47.0 Å². The summed E-state index contributed by atoms with van der Waals surface area (Å²) in [4.78, 5) is 8.32. The third-order valence-electron chi connectivity index (χ3n) is 2.30. The molecule has 0 fully saturated rings. The molecule has 2 aromatic rings. The van der Waals surface area contributed by atoms with Crippen LogP contribution < -0.4 is 10.1 Å². The zero-order chi connectivity index (χ0) is 13.8. The van der Waals surface area contributed by atoms with Gasteiger partial charge < -0.3 is 10.1 Å². The van der Waals surface area contributed by atoms with Gasteiger partial charge >= 0.3 is 0 Å². The highest BCUT2D eigenvalue weighted by molar-refractivity contribution is 6.30. The molecule has 0 saturated carbocycles. The van der Waals surface area contributed by atoms with Gasteiger partial charge in [0.25, 0.3) is 0 Å². The van der Waals surface area contributed by atoms with Gasteiger partial charge in [-0.2, -0.15) is 4.98 Å². The molecule has 1 heterocycles. The zero-order valence-electron chi connectivity index (χ0n) is 10.6. The van der Waals surface area contributed by atoms with Crippen LogP contribution in [0.25, 0.3) is 0 Å². The van der Waals surface area contributed by atoms with Gasteiger partial charge in [-0.15, -0.1) is 0 Å². The van der Waals surface area contributed by atoms with Gasteiger partial charge in [-0.1, -0.05) is 17.7 Å². The van der Waals surface area contributed by atoms with E-state index in [1.807, 2.05) is 13.8 Å². The molecule has 0 aliphatic rings. The molecule has 0 spiro atoms. The quantitative estimate of drug-likeness (QED) is 0.926. The van der Waals surface area contributed by atoms with Gasteiger partial charge in [-0.25, -0.2) is 9.37 Å². The normalized spacial score (nSPS) is 10.3. The number of benzene rings is 1. The van der Waals surface area contributed by atoms with Gasteiger partial charge in [0.05, 0.1) is 5.02 Å². The van der Waals surface area contributed by atoms with E-state index in [-0.39, 0.29) is 16.7 Å². The van der Waals surface area contributed by atoms with Gasteiger partial charge in [0.2, 0.25) is 11.8 Å².